The number of nitrogens with one attached hydrogen (secondary N) is 1. The first-order chi connectivity index (χ1) is 8.70. The highest BCUT2D eigenvalue weighted by Crippen LogP contribution is 2.36. The van der Waals surface area contributed by atoms with Gasteiger partial charge in [-0.2, -0.15) is 0 Å². The number of hydrogen-bond acceptors (Lipinski definition) is 4. The summed E-state index contributed by atoms with van der Waals surface area (Å²) in [4.78, 5) is 12.5. The molecule has 0 amide bonds. The van der Waals surface area contributed by atoms with Gasteiger partial charge >= 0.3 is 5.97 Å². The number of carbonyl (C=O) groups excluding carboxylic acids is 1. The number of ether oxygens (including phenoxy) is 1. The second-order valence-corrected chi connectivity index (χ2v) is 6.07. The Morgan fingerprint density at radius 1 is 1.61 bits per heavy atom. The van der Waals surface area contributed by atoms with Gasteiger partial charge in [0.2, 0.25) is 0 Å². The number of fused-ring (bicyclic) bond motifs is 1. The fourth-order valence-corrected chi connectivity index (χ4v) is 3.43. The third kappa shape index (κ3) is 3.40. The van der Waals surface area contributed by atoms with Gasteiger partial charge in [-0.1, -0.05) is 18.2 Å². The van der Waals surface area contributed by atoms with E-state index >= 15 is 0 Å². The zero-order chi connectivity index (χ0) is 13.0. The van der Waals surface area contributed by atoms with Gasteiger partial charge in [0.25, 0.3) is 0 Å². The molecule has 5 heteroatoms. The summed E-state index contributed by atoms with van der Waals surface area (Å²) < 4.78 is 4.57. The lowest BCUT2D eigenvalue weighted by Gasteiger charge is -2.12. The van der Waals surface area contributed by atoms with Crippen LogP contribution in [0.3, 0.4) is 0 Å². The molecule has 1 aliphatic heterocycles. The van der Waals surface area contributed by atoms with Crippen LogP contribution in [0.2, 0.25) is 0 Å². The van der Waals surface area contributed by atoms with Crippen LogP contribution in [-0.2, 0) is 16.0 Å². The lowest BCUT2D eigenvalue weighted by atomic mass is 10.1. The standard InChI is InChI=1S/C13H16ClNO2S/c1-17-13(16)11(14)8-15-7-10-6-9-4-2-3-5-12(9)18-10/h2-5,10-11,15H,6-8H2,1H3. The first kappa shape index (κ1) is 13.7. The predicted octanol–water partition coefficient (Wildman–Crippen LogP) is 2.07. The van der Waals surface area contributed by atoms with Crippen molar-refractivity contribution in [2.45, 2.75) is 21.9 Å². The number of thioether (sulfide) groups is 1. The van der Waals surface area contributed by atoms with E-state index in [0.29, 0.717) is 11.8 Å². The lowest BCUT2D eigenvalue weighted by Crippen LogP contribution is -2.34. The van der Waals surface area contributed by atoms with E-state index in [0.717, 1.165) is 13.0 Å². The Balaban J connectivity index is 1.73. The molecule has 1 aromatic rings. The molecule has 0 radical (unpaired) electrons. The summed E-state index contributed by atoms with van der Waals surface area (Å²) in [7, 11) is 1.35. The van der Waals surface area contributed by atoms with Crippen LogP contribution < -0.4 is 5.32 Å². The van der Waals surface area contributed by atoms with E-state index in [4.69, 9.17) is 11.6 Å². The van der Waals surface area contributed by atoms with E-state index in [1.807, 2.05) is 11.8 Å². The van der Waals surface area contributed by atoms with Crippen molar-refractivity contribution in [2.75, 3.05) is 20.2 Å². The number of alkyl halides is 1. The number of benzene rings is 1. The van der Waals surface area contributed by atoms with Crippen molar-refractivity contribution in [2.24, 2.45) is 0 Å². The van der Waals surface area contributed by atoms with Gasteiger partial charge in [0.15, 0.2) is 0 Å². The van der Waals surface area contributed by atoms with Crippen LogP contribution in [0, 0.1) is 0 Å². The summed E-state index contributed by atoms with van der Waals surface area (Å²) in [5.41, 5.74) is 1.41. The van der Waals surface area contributed by atoms with E-state index in [1.165, 1.54) is 17.6 Å². The summed E-state index contributed by atoms with van der Waals surface area (Å²) in [5.74, 6) is -0.383. The van der Waals surface area contributed by atoms with Crippen molar-refractivity contribution in [1.29, 1.82) is 0 Å². The minimum atomic E-state index is -0.608. The highest BCUT2D eigenvalue weighted by atomic mass is 35.5. The minimum Gasteiger partial charge on any atom is -0.468 e. The molecule has 0 saturated heterocycles. The van der Waals surface area contributed by atoms with Gasteiger partial charge in [-0.25, -0.2) is 0 Å². The maximum atomic E-state index is 11.1. The number of carbonyl (C=O) groups is 1. The summed E-state index contributed by atoms with van der Waals surface area (Å²) in [6, 6.07) is 8.45. The lowest BCUT2D eigenvalue weighted by molar-refractivity contribution is -0.140. The fraction of sp³-hybridized carbons (Fsp3) is 0.462. The van der Waals surface area contributed by atoms with E-state index in [-0.39, 0.29) is 5.97 Å². The van der Waals surface area contributed by atoms with Crippen molar-refractivity contribution in [3.05, 3.63) is 29.8 Å². The molecule has 1 heterocycles. The van der Waals surface area contributed by atoms with Crippen molar-refractivity contribution in [1.82, 2.24) is 5.32 Å². The quantitative estimate of drug-likeness (QED) is 0.664. The molecule has 3 nitrogen and oxygen atoms in total. The predicted molar refractivity (Wildman–Crippen MR) is 74.3 cm³/mol. The van der Waals surface area contributed by atoms with E-state index in [2.05, 4.69) is 34.3 Å². The second kappa shape index (κ2) is 6.45. The summed E-state index contributed by atoms with van der Waals surface area (Å²) >= 11 is 7.74. The summed E-state index contributed by atoms with van der Waals surface area (Å²) in [5, 5.41) is 3.13. The molecule has 0 aromatic heterocycles. The Bertz CT molecular complexity index is 402. The molecule has 1 aliphatic rings. The Morgan fingerprint density at radius 2 is 2.39 bits per heavy atom. The van der Waals surface area contributed by atoms with Gasteiger partial charge < -0.3 is 10.1 Å². The van der Waals surface area contributed by atoms with Crippen LogP contribution in [-0.4, -0.2) is 36.8 Å². The van der Waals surface area contributed by atoms with Crippen LogP contribution in [0.5, 0.6) is 0 Å². The molecule has 0 bridgehead atoms. The summed E-state index contributed by atoms with van der Waals surface area (Å²) in [6.45, 7) is 1.29. The number of rotatable bonds is 5. The monoisotopic (exact) mass is 285 g/mol. The Kier molecular flexibility index (Phi) is 4.92. The van der Waals surface area contributed by atoms with Gasteiger partial charge in [0.1, 0.15) is 5.38 Å². The maximum absolute atomic E-state index is 11.1. The average Bonchev–Trinajstić information content (AvgIpc) is 2.80. The number of esters is 1. The van der Waals surface area contributed by atoms with Crippen molar-refractivity contribution in [3.63, 3.8) is 0 Å². The smallest absolute Gasteiger partial charge is 0.325 e. The van der Waals surface area contributed by atoms with Gasteiger partial charge in [-0.05, 0) is 18.1 Å². The molecule has 0 aliphatic carbocycles. The molecule has 98 valence electrons. The number of hydrogen-bond donors (Lipinski definition) is 1. The molecule has 1 aromatic carbocycles. The van der Waals surface area contributed by atoms with Crippen LogP contribution in [0.1, 0.15) is 5.56 Å². The van der Waals surface area contributed by atoms with E-state index in [1.54, 1.807) is 0 Å². The van der Waals surface area contributed by atoms with Crippen LogP contribution >= 0.6 is 23.4 Å². The molecule has 18 heavy (non-hydrogen) atoms. The van der Waals surface area contributed by atoms with Crippen molar-refractivity contribution in [3.8, 4) is 0 Å². The molecule has 2 unspecified atom stereocenters. The van der Waals surface area contributed by atoms with Gasteiger partial charge in [-0.15, -0.1) is 23.4 Å². The molecule has 0 spiro atoms. The van der Waals surface area contributed by atoms with Gasteiger partial charge in [-0.3, -0.25) is 4.79 Å². The largest absolute Gasteiger partial charge is 0.468 e. The molecule has 0 fully saturated rings. The Hall–Kier alpha value is -0.710. The highest BCUT2D eigenvalue weighted by Gasteiger charge is 2.22. The molecule has 0 saturated carbocycles. The average molecular weight is 286 g/mol. The normalized spacial score (nSPS) is 19.3. The third-order valence-corrected chi connectivity index (χ3v) is 4.52. The van der Waals surface area contributed by atoms with E-state index in [9.17, 15) is 4.79 Å². The molecule has 2 rings (SSSR count). The summed E-state index contributed by atoms with van der Waals surface area (Å²) in [6.07, 6.45) is 1.07. The van der Waals surface area contributed by atoms with Crippen molar-refractivity contribution < 1.29 is 9.53 Å². The SMILES string of the molecule is COC(=O)C(Cl)CNCC1Cc2ccccc2S1. The fourth-order valence-electron chi connectivity index (χ4n) is 1.95. The Labute approximate surface area is 116 Å². The Morgan fingerprint density at radius 3 is 3.11 bits per heavy atom. The van der Waals surface area contributed by atoms with Gasteiger partial charge in [0.05, 0.1) is 7.11 Å². The number of methoxy groups -OCH3 is 1. The molecular formula is C13H16ClNO2S. The van der Waals surface area contributed by atoms with Crippen LogP contribution in [0.25, 0.3) is 0 Å². The minimum absolute atomic E-state index is 0.383. The van der Waals surface area contributed by atoms with Gasteiger partial charge in [0, 0.05) is 23.2 Å². The zero-order valence-corrected chi connectivity index (χ0v) is 11.8. The second-order valence-electron chi connectivity index (χ2n) is 4.20. The first-order valence-corrected chi connectivity index (χ1v) is 7.19. The number of halogens is 1. The molecular weight excluding hydrogens is 270 g/mol. The zero-order valence-electron chi connectivity index (χ0n) is 10.2. The van der Waals surface area contributed by atoms with Crippen LogP contribution in [0.4, 0.5) is 0 Å². The highest BCUT2D eigenvalue weighted by molar-refractivity contribution is 8.00. The topological polar surface area (TPSA) is 38.3 Å². The van der Waals surface area contributed by atoms with E-state index < -0.39 is 5.38 Å². The maximum Gasteiger partial charge on any atom is 0.325 e. The molecule has 1 N–H and O–H groups in total. The molecule has 2 atom stereocenters. The van der Waals surface area contributed by atoms with Crippen LogP contribution in [0.15, 0.2) is 29.2 Å². The third-order valence-electron chi connectivity index (χ3n) is 2.87. The first-order valence-electron chi connectivity index (χ1n) is 5.88. The van der Waals surface area contributed by atoms with Crippen molar-refractivity contribution >= 4 is 29.3 Å².